The van der Waals surface area contributed by atoms with Crippen LogP contribution in [0.4, 0.5) is 5.69 Å². The van der Waals surface area contributed by atoms with Gasteiger partial charge in [-0.3, -0.25) is 4.79 Å². The second kappa shape index (κ2) is 5.78. The summed E-state index contributed by atoms with van der Waals surface area (Å²) in [4.78, 5) is 12.3. The molecule has 0 unspecified atom stereocenters. The van der Waals surface area contributed by atoms with Crippen molar-refractivity contribution >= 4 is 11.5 Å². The summed E-state index contributed by atoms with van der Waals surface area (Å²) in [6.07, 6.45) is 0. The number of aryl methyl sites for hydroxylation is 3. The molecule has 0 radical (unpaired) electrons. The first kappa shape index (κ1) is 14.1. The lowest BCUT2D eigenvalue weighted by atomic mass is 9.97. The quantitative estimate of drug-likeness (QED) is 0.683. The molecule has 3 heteroatoms. The average Bonchev–Trinajstić information content (AvgIpc) is 2.37. The van der Waals surface area contributed by atoms with Crippen molar-refractivity contribution in [3.8, 4) is 5.75 Å². The number of carbonyl (C=O) groups excluding carboxylic acids is 1. The SMILES string of the molecule is Cc1cc(C)c(C(=O)COc2ccc(N)cc2)c(C)c1. The van der Waals surface area contributed by atoms with Crippen LogP contribution >= 0.6 is 0 Å². The molecular formula is C17H19NO2. The molecule has 0 saturated heterocycles. The second-order valence-corrected chi connectivity index (χ2v) is 5.05. The van der Waals surface area contributed by atoms with E-state index >= 15 is 0 Å². The van der Waals surface area contributed by atoms with Crippen molar-refractivity contribution in [2.75, 3.05) is 12.3 Å². The van der Waals surface area contributed by atoms with Gasteiger partial charge >= 0.3 is 0 Å². The zero-order valence-corrected chi connectivity index (χ0v) is 12.1. The lowest BCUT2D eigenvalue weighted by molar-refractivity contribution is 0.0920. The summed E-state index contributed by atoms with van der Waals surface area (Å²) < 4.78 is 5.51. The Hall–Kier alpha value is -2.29. The molecule has 2 N–H and O–H groups in total. The molecule has 0 aliphatic rings. The fraction of sp³-hybridized carbons (Fsp3) is 0.235. The smallest absolute Gasteiger partial charge is 0.200 e. The number of nitrogen functional groups attached to an aromatic ring is 1. The van der Waals surface area contributed by atoms with E-state index in [1.807, 2.05) is 32.9 Å². The molecule has 2 aromatic carbocycles. The van der Waals surface area contributed by atoms with Gasteiger partial charge in [0, 0.05) is 11.3 Å². The molecule has 0 amide bonds. The van der Waals surface area contributed by atoms with Crippen LogP contribution in [-0.2, 0) is 0 Å². The maximum absolute atomic E-state index is 12.3. The topological polar surface area (TPSA) is 52.3 Å². The minimum absolute atomic E-state index is 0.00294. The van der Waals surface area contributed by atoms with Crippen LogP contribution < -0.4 is 10.5 Å². The summed E-state index contributed by atoms with van der Waals surface area (Å²) in [6, 6.07) is 11.1. The fourth-order valence-corrected chi connectivity index (χ4v) is 2.40. The molecule has 0 fully saturated rings. The monoisotopic (exact) mass is 269 g/mol. The van der Waals surface area contributed by atoms with Gasteiger partial charge in [0.1, 0.15) is 5.75 Å². The molecule has 0 saturated carbocycles. The largest absolute Gasteiger partial charge is 0.485 e. The van der Waals surface area contributed by atoms with Gasteiger partial charge < -0.3 is 10.5 Å². The first-order valence-corrected chi connectivity index (χ1v) is 6.57. The molecule has 20 heavy (non-hydrogen) atoms. The van der Waals surface area contributed by atoms with E-state index in [0.717, 1.165) is 22.3 Å². The number of benzene rings is 2. The summed E-state index contributed by atoms with van der Waals surface area (Å²) in [5.41, 5.74) is 10.2. The molecule has 0 aromatic heterocycles. The highest BCUT2D eigenvalue weighted by Crippen LogP contribution is 2.18. The fourth-order valence-electron chi connectivity index (χ4n) is 2.40. The normalized spacial score (nSPS) is 10.3. The number of hydrogen-bond donors (Lipinski definition) is 1. The van der Waals surface area contributed by atoms with Gasteiger partial charge in [-0.2, -0.15) is 0 Å². The van der Waals surface area contributed by atoms with Crippen molar-refractivity contribution < 1.29 is 9.53 Å². The predicted octanol–water partition coefficient (Wildman–Crippen LogP) is 3.46. The van der Waals surface area contributed by atoms with Crippen LogP contribution in [0.25, 0.3) is 0 Å². The zero-order valence-electron chi connectivity index (χ0n) is 12.1. The third-order valence-corrected chi connectivity index (χ3v) is 3.21. The summed E-state index contributed by atoms with van der Waals surface area (Å²) >= 11 is 0. The third-order valence-electron chi connectivity index (χ3n) is 3.21. The number of ketones is 1. The summed E-state index contributed by atoms with van der Waals surface area (Å²) in [6.45, 7) is 5.97. The van der Waals surface area contributed by atoms with E-state index < -0.39 is 0 Å². The van der Waals surface area contributed by atoms with E-state index in [1.165, 1.54) is 0 Å². The minimum atomic E-state index is -0.00294. The van der Waals surface area contributed by atoms with Crippen LogP contribution in [0.5, 0.6) is 5.75 Å². The Labute approximate surface area is 119 Å². The lowest BCUT2D eigenvalue weighted by Crippen LogP contribution is -2.14. The number of rotatable bonds is 4. The Bertz CT molecular complexity index is 607. The molecular weight excluding hydrogens is 250 g/mol. The Morgan fingerprint density at radius 2 is 1.60 bits per heavy atom. The number of hydrogen-bond acceptors (Lipinski definition) is 3. The van der Waals surface area contributed by atoms with Crippen LogP contribution in [0.1, 0.15) is 27.0 Å². The van der Waals surface area contributed by atoms with Crippen LogP contribution in [0.3, 0.4) is 0 Å². The molecule has 0 aliphatic carbocycles. The van der Waals surface area contributed by atoms with Crippen molar-refractivity contribution in [2.24, 2.45) is 0 Å². The van der Waals surface area contributed by atoms with Crippen LogP contribution in [0.2, 0.25) is 0 Å². The van der Waals surface area contributed by atoms with Crippen molar-refractivity contribution in [2.45, 2.75) is 20.8 Å². The summed E-state index contributed by atoms with van der Waals surface area (Å²) in [5, 5.41) is 0. The number of nitrogens with two attached hydrogens (primary N) is 1. The summed E-state index contributed by atoms with van der Waals surface area (Å²) in [7, 11) is 0. The molecule has 3 nitrogen and oxygen atoms in total. The second-order valence-electron chi connectivity index (χ2n) is 5.05. The van der Waals surface area contributed by atoms with Crippen LogP contribution in [-0.4, -0.2) is 12.4 Å². The van der Waals surface area contributed by atoms with Crippen molar-refractivity contribution in [1.82, 2.24) is 0 Å². The van der Waals surface area contributed by atoms with E-state index in [4.69, 9.17) is 10.5 Å². The highest BCUT2D eigenvalue weighted by molar-refractivity contribution is 6.00. The van der Waals surface area contributed by atoms with Gasteiger partial charge in [0.05, 0.1) is 0 Å². The number of Topliss-reactive ketones (excluding diaryl/α,β-unsaturated/α-hetero) is 1. The van der Waals surface area contributed by atoms with E-state index in [-0.39, 0.29) is 12.4 Å². The maximum Gasteiger partial charge on any atom is 0.200 e. The van der Waals surface area contributed by atoms with Crippen molar-refractivity contribution in [1.29, 1.82) is 0 Å². The third kappa shape index (κ3) is 3.18. The molecule has 0 heterocycles. The van der Waals surface area contributed by atoms with E-state index in [0.29, 0.717) is 11.4 Å². The van der Waals surface area contributed by atoms with E-state index in [9.17, 15) is 4.79 Å². The Balaban J connectivity index is 2.11. The van der Waals surface area contributed by atoms with Gasteiger partial charge in [0.15, 0.2) is 6.61 Å². The minimum Gasteiger partial charge on any atom is -0.485 e. The van der Waals surface area contributed by atoms with Gasteiger partial charge in [-0.25, -0.2) is 0 Å². The first-order valence-electron chi connectivity index (χ1n) is 6.57. The average molecular weight is 269 g/mol. The van der Waals surface area contributed by atoms with Gasteiger partial charge in [0.25, 0.3) is 0 Å². The Kier molecular flexibility index (Phi) is 4.08. The van der Waals surface area contributed by atoms with Gasteiger partial charge in [-0.15, -0.1) is 0 Å². The molecule has 0 bridgehead atoms. The highest BCUT2D eigenvalue weighted by atomic mass is 16.5. The number of ether oxygens (including phenoxy) is 1. The van der Waals surface area contributed by atoms with E-state index in [1.54, 1.807) is 24.3 Å². The van der Waals surface area contributed by atoms with Gasteiger partial charge in [-0.1, -0.05) is 17.7 Å². The van der Waals surface area contributed by atoms with Crippen LogP contribution in [0.15, 0.2) is 36.4 Å². The highest BCUT2D eigenvalue weighted by Gasteiger charge is 2.13. The maximum atomic E-state index is 12.3. The van der Waals surface area contributed by atoms with Crippen molar-refractivity contribution in [3.05, 3.63) is 58.7 Å². The van der Waals surface area contributed by atoms with Crippen LogP contribution in [0, 0.1) is 20.8 Å². The Morgan fingerprint density at radius 3 is 2.15 bits per heavy atom. The number of carbonyl (C=O) groups is 1. The molecule has 104 valence electrons. The molecule has 0 spiro atoms. The zero-order chi connectivity index (χ0) is 14.7. The molecule has 2 aromatic rings. The van der Waals surface area contributed by atoms with Gasteiger partial charge in [-0.05, 0) is 56.2 Å². The van der Waals surface area contributed by atoms with Crippen molar-refractivity contribution in [3.63, 3.8) is 0 Å². The lowest BCUT2D eigenvalue weighted by Gasteiger charge is -2.11. The standard InChI is InChI=1S/C17H19NO2/c1-11-8-12(2)17(13(3)9-11)16(19)10-20-15-6-4-14(18)5-7-15/h4-9H,10,18H2,1-3H3. The predicted molar refractivity (Wildman–Crippen MR) is 81.3 cm³/mol. The number of anilines is 1. The first-order chi connectivity index (χ1) is 9.47. The molecule has 0 atom stereocenters. The van der Waals surface area contributed by atoms with Gasteiger partial charge in [0.2, 0.25) is 5.78 Å². The summed E-state index contributed by atoms with van der Waals surface area (Å²) in [5.74, 6) is 0.645. The Morgan fingerprint density at radius 1 is 1.05 bits per heavy atom. The molecule has 2 rings (SSSR count). The van der Waals surface area contributed by atoms with E-state index in [2.05, 4.69) is 0 Å². The molecule has 0 aliphatic heterocycles.